The number of anilines is 1. The zero-order valence-electron chi connectivity index (χ0n) is 13.2. The van der Waals surface area contributed by atoms with E-state index in [0.717, 1.165) is 6.07 Å². The first-order valence-electron chi connectivity index (χ1n) is 7.50. The van der Waals surface area contributed by atoms with Crippen molar-refractivity contribution in [2.45, 2.75) is 19.0 Å². The number of pyridine rings is 1. The molecule has 1 fully saturated rings. The van der Waals surface area contributed by atoms with E-state index in [0.29, 0.717) is 19.4 Å². The highest BCUT2D eigenvalue weighted by Gasteiger charge is 2.37. The second-order valence-corrected chi connectivity index (χ2v) is 5.82. The lowest BCUT2D eigenvalue weighted by Crippen LogP contribution is -2.46. The van der Waals surface area contributed by atoms with Crippen molar-refractivity contribution < 1.29 is 22.8 Å². The van der Waals surface area contributed by atoms with Gasteiger partial charge in [-0.05, 0) is 25.0 Å². The number of alkyl halides is 3. The predicted octanol–water partition coefficient (Wildman–Crippen LogP) is 1.26. The molecule has 2 N–H and O–H groups in total. The van der Waals surface area contributed by atoms with Gasteiger partial charge in [0.1, 0.15) is 5.82 Å². The van der Waals surface area contributed by atoms with E-state index in [-0.39, 0.29) is 24.8 Å². The van der Waals surface area contributed by atoms with Crippen LogP contribution < -0.4 is 10.6 Å². The number of carbonyl (C=O) groups is 2. The molecule has 2 heterocycles. The molecular formula is C15H19F3N4O2. The molecule has 132 valence electrons. The van der Waals surface area contributed by atoms with Crippen molar-refractivity contribution in [3.63, 3.8) is 0 Å². The largest absolute Gasteiger partial charge is 0.419 e. The van der Waals surface area contributed by atoms with E-state index in [4.69, 9.17) is 5.73 Å². The van der Waals surface area contributed by atoms with Gasteiger partial charge < -0.3 is 15.5 Å². The zero-order valence-corrected chi connectivity index (χ0v) is 13.2. The van der Waals surface area contributed by atoms with Crippen LogP contribution in [-0.2, 0) is 15.8 Å². The Balaban J connectivity index is 2.17. The normalized spacial score (nSPS) is 18.3. The average molecular weight is 344 g/mol. The van der Waals surface area contributed by atoms with Gasteiger partial charge in [-0.1, -0.05) is 0 Å². The number of amides is 2. The minimum Gasteiger partial charge on any atom is -0.368 e. The lowest BCUT2D eigenvalue weighted by molar-refractivity contribution is -0.137. The van der Waals surface area contributed by atoms with Crippen molar-refractivity contribution in [1.29, 1.82) is 0 Å². The number of nitrogens with two attached hydrogens (primary N) is 1. The summed E-state index contributed by atoms with van der Waals surface area (Å²) in [5.41, 5.74) is 4.25. The quantitative estimate of drug-likeness (QED) is 0.892. The SMILES string of the molecule is CN(CC(N)=O)C(=O)C1CCCN(c2ncccc2C(F)(F)F)C1. The number of rotatable bonds is 4. The van der Waals surface area contributed by atoms with Crippen molar-refractivity contribution in [3.05, 3.63) is 23.9 Å². The third-order valence-corrected chi connectivity index (χ3v) is 3.93. The molecule has 0 aromatic carbocycles. The molecule has 1 atom stereocenters. The predicted molar refractivity (Wildman–Crippen MR) is 81.0 cm³/mol. The zero-order chi connectivity index (χ0) is 17.9. The number of halogens is 3. The maximum absolute atomic E-state index is 13.1. The molecule has 1 unspecified atom stereocenters. The molecule has 0 radical (unpaired) electrons. The molecule has 24 heavy (non-hydrogen) atoms. The first kappa shape index (κ1) is 18.0. The number of primary amides is 1. The Morgan fingerprint density at radius 2 is 2.17 bits per heavy atom. The summed E-state index contributed by atoms with van der Waals surface area (Å²) in [6, 6.07) is 2.21. The van der Waals surface area contributed by atoms with Gasteiger partial charge in [0.2, 0.25) is 11.8 Å². The summed E-state index contributed by atoms with van der Waals surface area (Å²) in [4.78, 5) is 29.8. The Morgan fingerprint density at radius 3 is 2.79 bits per heavy atom. The van der Waals surface area contributed by atoms with E-state index < -0.39 is 23.6 Å². The summed E-state index contributed by atoms with van der Waals surface area (Å²) >= 11 is 0. The lowest BCUT2D eigenvalue weighted by atomic mass is 9.96. The Bertz CT molecular complexity index is 621. The third-order valence-electron chi connectivity index (χ3n) is 3.93. The van der Waals surface area contributed by atoms with E-state index in [1.807, 2.05) is 0 Å². The van der Waals surface area contributed by atoms with Crippen LogP contribution in [0.2, 0.25) is 0 Å². The van der Waals surface area contributed by atoms with Gasteiger partial charge in [0.05, 0.1) is 18.0 Å². The van der Waals surface area contributed by atoms with Gasteiger partial charge in [-0.25, -0.2) is 4.98 Å². The van der Waals surface area contributed by atoms with Crippen molar-refractivity contribution >= 4 is 17.6 Å². The highest BCUT2D eigenvalue weighted by Crippen LogP contribution is 2.36. The highest BCUT2D eigenvalue weighted by atomic mass is 19.4. The van der Waals surface area contributed by atoms with Gasteiger partial charge >= 0.3 is 6.18 Å². The standard InChI is InChI=1S/C15H19F3N4O2/c1-21(9-12(19)23)14(24)10-4-3-7-22(8-10)13-11(15(16,17)18)5-2-6-20-13/h2,5-6,10H,3-4,7-9H2,1H3,(H2,19,23). The van der Waals surface area contributed by atoms with Crippen LogP contribution in [0, 0.1) is 5.92 Å². The van der Waals surface area contributed by atoms with Crippen LogP contribution in [0.3, 0.4) is 0 Å². The Morgan fingerprint density at radius 1 is 1.46 bits per heavy atom. The van der Waals surface area contributed by atoms with Gasteiger partial charge in [-0.15, -0.1) is 0 Å². The summed E-state index contributed by atoms with van der Waals surface area (Å²) in [5, 5.41) is 0. The molecule has 1 aromatic heterocycles. The Hall–Kier alpha value is -2.32. The monoisotopic (exact) mass is 344 g/mol. The number of aromatic nitrogens is 1. The fourth-order valence-electron chi connectivity index (χ4n) is 2.86. The van der Waals surface area contributed by atoms with E-state index in [1.165, 1.54) is 29.1 Å². The van der Waals surface area contributed by atoms with Crippen molar-refractivity contribution in [2.24, 2.45) is 11.7 Å². The van der Waals surface area contributed by atoms with E-state index >= 15 is 0 Å². The van der Waals surface area contributed by atoms with Gasteiger partial charge in [0, 0.05) is 26.3 Å². The van der Waals surface area contributed by atoms with Crippen LogP contribution in [0.4, 0.5) is 19.0 Å². The summed E-state index contributed by atoms with van der Waals surface area (Å²) in [6.07, 6.45) is -2.10. The summed E-state index contributed by atoms with van der Waals surface area (Å²) < 4.78 is 39.4. The smallest absolute Gasteiger partial charge is 0.368 e. The van der Waals surface area contributed by atoms with Crippen LogP contribution in [0.1, 0.15) is 18.4 Å². The Labute approximate surface area is 137 Å². The van der Waals surface area contributed by atoms with Gasteiger partial charge in [-0.3, -0.25) is 9.59 Å². The first-order chi connectivity index (χ1) is 11.2. The van der Waals surface area contributed by atoms with Gasteiger partial charge in [0.25, 0.3) is 0 Å². The fourth-order valence-corrected chi connectivity index (χ4v) is 2.86. The molecule has 1 aliphatic heterocycles. The van der Waals surface area contributed by atoms with Crippen LogP contribution in [0.15, 0.2) is 18.3 Å². The lowest BCUT2D eigenvalue weighted by Gasteiger charge is -2.35. The second-order valence-electron chi connectivity index (χ2n) is 5.82. The summed E-state index contributed by atoms with van der Waals surface area (Å²) in [5.74, 6) is -1.60. The fraction of sp³-hybridized carbons (Fsp3) is 0.533. The highest BCUT2D eigenvalue weighted by molar-refractivity contribution is 5.85. The maximum atomic E-state index is 13.1. The third kappa shape index (κ3) is 4.15. The van der Waals surface area contributed by atoms with E-state index in [9.17, 15) is 22.8 Å². The molecular weight excluding hydrogens is 325 g/mol. The number of hydrogen-bond donors (Lipinski definition) is 1. The number of hydrogen-bond acceptors (Lipinski definition) is 4. The molecule has 0 saturated carbocycles. The Kier molecular flexibility index (Phi) is 5.30. The molecule has 1 aromatic rings. The molecule has 9 heteroatoms. The number of carbonyl (C=O) groups excluding carboxylic acids is 2. The van der Waals surface area contributed by atoms with Crippen LogP contribution in [0.25, 0.3) is 0 Å². The van der Waals surface area contributed by atoms with Gasteiger partial charge in [-0.2, -0.15) is 13.2 Å². The number of likely N-dealkylation sites (N-methyl/N-ethyl adjacent to an activating group) is 1. The van der Waals surface area contributed by atoms with Gasteiger partial charge in [0.15, 0.2) is 0 Å². The molecule has 0 aliphatic carbocycles. The van der Waals surface area contributed by atoms with Crippen LogP contribution in [0.5, 0.6) is 0 Å². The average Bonchev–Trinajstić information content (AvgIpc) is 2.53. The van der Waals surface area contributed by atoms with Crippen molar-refractivity contribution in [2.75, 3.05) is 31.6 Å². The van der Waals surface area contributed by atoms with Crippen molar-refractivity contribution in [1.82, 2.24) is 9.88 Å². The second kappa shape index (κ2) is 7.06. The van der Waals surface area contributed by atoms with E-state index in [1.54, 1.807) is 0 Å². The van der Waals surface area contributed by atoms with Crippen molar-refractivity contribution in [3.8, 4) is 0 Å². The van der Waals surface area contributed by atoms with Crippen LogP contribution in [-0.4, -0.2) is 48.4 Å². The summed E-state index contributed by atoms with van der Waals surface area (Å²) in [7, 11) is 1.45. The number of piperidine rings is 1. The first-order valence-corrected chi connectivity index (χ1v) is 7.50. The molecule has 6 nitrogen and oxygen atoms in total. The number of nitrogens with zero attached hydrogens (tertiary/aromatic N) is 3. The van der Waals surface area contributed by atoms with Crippen LogP contribution >= 0.6 is 0 Å². The summed E-state index contributed by atoms with van der Waals surface area (Å²) in [6.45, 7) is 0.304. The minimum atomic E-state index is -4.51. The molecule has 0 spiro atoms. The molecule has 2 amide bonds. The molecule has 1 saturated heterocycles. The maximum Gasteiger partial charge on any atom is 0.419 e. The molecule has 2 rings (SSSR count). The minimum absolute atomic E-state index is 0.127. The molecule has 1 aliphatic rings. The molecule has 0 bridgehead atoms. The van der Waals surface area contributed by atoms with E-state index in [2.05, 4.69) is 4.98 Å². The topological polar surface area (TPSA) is 79.5 Å².